The molecule has 3 rings (SSSR count). The highest BCUT2D eigenvalue weighted by Gasteiger charge is 2.44. The monoisotopic (exact) mass is 419 g/mol. The molecule has 144 valence electrons. The molecule has 1 amide bonds. The number of nitrogens with zero attached hydrogens (tertiary/aromatic N) is 2. The molecule has 0 aromatic carbocycles. The van der Waals surface area contributed by atoms with Gasteiger partial charge >= 0.3 is 0 Å². The number of alkyl halides is 3. The van der Waals surface area contributed by atoms with E-state index in [-0.39, 0.29) is 23.3 Å². The van der Waals surface area contributed by atoms with Gasteiger partial charge in [-0.15, -0.1) is 0 Å². The molecule has 3 atom stereocenters. The third kappa shape index (κ3) is 4.38. The van der Waals surface area contributed by atoms with Crippen molar-refractivity contribution in [2.45, 2.75) is 49.1 Å². The molecule has 0 spiro atoms. The molecular weight excluding hydrogens is 397 g/mol. The minimum Gasteiger partial charge on any atom is -0.337 e. The van der Waals surface area contributed by atoms with E-state index in [0.29, 0.717) is 32.0 Å². The summed E-state index contributed by atoms with van der Waals surface area (Å²) in [7, 11) is 0. The topological polar surface area (TPSA) is 54.3 Å². The SMILES string of the molecule is CC(C)CC(=O)N[C@H](N1C[C@@H]2C[C@H](C1)c1cccc(=O)n1C2)C(Cl)(Cl)Cl. The molecule has 26 heavy (non-hydrogen) atoms. The summed E-state index contributed by atoms with van der Waals surface area (Å²) >= 11 is 18.6. The van der Waals surface area contributed by atoms with Gasteiger partial charge in [-0.25, -0.2) is 0 Å². The predicted molar refractivity (Wildman–Crippen MR) is 105 cm³/mol. The summed E-state index contributed by atoms with van der Waals surface area (Å²) < 4.78 is 0.229. The van der Waals surface area contributed by atoms with E-state index in [2.05, 4.69) is 5.32 Å². The molecule has 1 aromatic heterocycles. The number of rotatable bonds is 4. The third-order valence-electron chi connectivity index (χ3n) is 5.07. The van der Waals surface area contributed by atoms with Crippen molar-refractivity contribution in [2.75, 3.05) is 13.1 Å². The van der Waals surface area contributed by atoms with Gasteiger partial charge < -0.3 is 9.88 Å². The zero-order valence-corrected chi connectivity index (χ0v) is 17.2. The Balaban J connectivity index is 1.82. The Kier molecular flexibility index (Phi) is 5.92. The largest absolute Gasteiger partial charge is 0.337 e. The van der Waals surface area contributed by atoms with Crippen molar-refractivity contribution in [1.82, 2.24) is 14.8 Å². The Labute approximate surface area is 168 Å². The molecule has 3 heterocycles. The average molecular weight is 421 g/mol. The van der Waals surface area contributed by atoms with Gasteiger partial charge in [-0.1, -0.05) is 54.7 Å². The normalized spacial score (nSPS) is 24.2. The van der Waals surface area contributed by atoms with Crippen molar-refractivity contribution < 1.29 is 4.79 Å². The Bertz CT molecular complexity index is 729. The van der Waals surface area contributed by atoms with E-state index in [1.807, 2.05) is 29.4 Å². The zero-order chi connectivity index (χ0) is 19.1. The van der Waals surface area contributed by atoms with Crippen LogP contribution >= 0.6 is 34.8 Å². The van der Waals surface area contributed by atoms with Crippen LogP contribution < -0.4 is 10.9 Å². The molecule has 1 fully saturated rings. The van der Waals surface area contributed by atoms with Crippen LogP contribution in [0.1, 0.15) is 38.3 Å². The fraction of sp³-hybridized carbons (Fsp3) is 0.667. The van der Waals surface area contributed by atoms with Crippen molar-refractivity contribution in [3.05, 3.63) is 34.2 Å². The van der Waals surface area contributed by atoms with E-state index in [0.717, 1.165) is 12.1 Å². The lowest BCUT2D eigenvalue weighted by atomic mass is 9.83. The summed E-state index contributed by atoms with van der Waals surface area (Å²) in [5.41, 5.74) is 1.06. The number of halogens is 3. The second-order valence-electron chi connectivity index (χ2n) is 7.76. The Morgan fingerprint density at radius 3 is 2.65 bits per heavy atom. The summed E-state index contributed by atoms with van der Waals surface area (Å²) in [6, 6.07) is 5.39. The molecule has 0 radical (unpaired) electrons. The molecule has 0 aliphatic carbocycles. The molecule has 5 nitrogen and oxygen atoms in total. The van der Waals surface area contributed by atoms with Crippen molar-refractivity contribution in [2.24, 2.45) is 11.8 Å². The first-order valence-corrected chi connectivity index (χ1v) is 10.1. The molecule has 2 aliphatic heterocycles. The number of nitrogens with one attached hydrogen (secondary N) is 1. The zero-order valence-electron chi connectivity index (χ0n) is 14.9. The number of piperidine rings is 1. The smallest absolute Gasteiger partial charge is 0.250 e. The lowest BCUT2D eigenvalue weighted by Gasteiger charge is -2.47. The van der Waals surface area contributed by atoms with Crippen LogP contribution in [0.15, 0.2) is 23.0 Å². The van der Waals surface area contributed by atoms with Gasteiger partial charge in [0.15, 0.2) is 0 Å². The Hall–Kier alpha value is -0.750. The van der Waals surface area contributed by atoms with Gasteiger partial charge in [-0.05, 0) is 24.3 Å². The summed E-state index contributed by atoms with van der Waals surface area (Å²) in [6.45, 7) is 5.93. The van der Waals surface area contributed by atoms with E-state index in [4.69, 9.17) is 34.8 Å². The quantitative estimate of drug-likeness (QED) is 0.761. The molecule has 0 unspecified atom stereocenters. The number of amides is 1. The van der Waals surface area contributed by atoms with Crippen molar-refractivity contribution in [3.8, 4) is 0 Å². The van der Waals surface area contributed by atoms with Crippen LogP contribution in [-0.2, 0) is 11.3 Å². The molecule has 2 bridgehead atoms. The lowest BCUT2D eigenvalue weighted by Crippen LogP contribution is -2.60. The molecule has 1 N–H and O–H groups in total. The fourth-order valence-electron chi connectivity index (χ4n) is 4.11. The molecule has 8 heteroatoms. The molecule has 1 saturated heterocycles. The number of pyridine rings is 1. The summed E-state index contributed by atoms with van der Waals surface area (Å²) in [5, 5.41) is 2.91. The number of hydrogen-bond acceptors (Lipinski definition) is 3. The first-order valence-electron chi connectivity index (χ1n) is 8.95. The van der Waals surface area contributed by atoms with Gasteiger partial charge in [-0.2, -0.15) is 0 Å². The van der Waals surface area contributed by atoms with Crippen LogP contribution in [0, 0.1) is 11.8 Å². The molecule has 0 saturated carbocycles. The Morgan fingerprint density at radius 2 is 2.00 bits per heavy atom. The number of fused-ring (bicyclic) bond motifs is 4. The minimum atomic E-state index is -1.63. The van der Waals surface area contributed by atoms with Crippen LogP contribution in [0.25, 0.3) is 0 Å². The second kappa shape index (κ2) is 7.70. The summed E-state index contributed by atoms with van der Waals surface area (Å²) in [5.74, 6) is 0.584. The number of carbonyl (C=O) groups is 1. The maximum atomic E-state index is 12.3. The van der Waals surface area contributed by atoms with E-state index < -0.39 is 9.96 Å². The van der Waals surface area contributed by atoms with Gasteiger partial charge in [0.05, 0.1) is 0 Å². The van der Waals surface area contributed by atoms with Crippen LogP contribution in [0.5, 0.6) is 0 Å². The predicted octanol–water partition coefficient (Wildman–Crippen LogP) is 3.13. The van der Waals surface area contributed by atoms with Gasteiger partial charge in [0.1, 0.15) is 6.17 Å². The van der Waals surface area contributed by atoms with Gasteiger partial charge in [0.2, 0.25) is 9.70 Å². The minimum absolute atomic E-state index is 0.0359. The molecule has 1 aromatic rings. The lowest BCUT2D eigenvalue weighted by molar-refractivity contribution is -0.124. The van der Waals surface area contributed by atoms with E-state index >= 15 is 0 Å². The van der Waals surface area contributed by atoms with E-state index in [1.54, 1.807) is 12.1 Å². The highest BCUT2D eigenvalue weighted by atomic mass is 35.6. The highest BCUT2D eigenvalue weighted by molar-refractivity contribution is 6.68. The van der Waals surface area contributed by atoms with Crippen LogP contribution in [-0.4, -0.2) is 38.4 Å². The van der Waals surface area contributed by atoms with Crippen molar-refractivity contribution in [3.63, 3.8) is 0 Å². The standard InChI is InChI=1S/C18H24Cl3N3O2/c1-11(2)6-15(25)22-17(18(19,20)21)23-8-12-7-13(10-23)14-4-3-5-16(26)24(14)9-12/h3-5,11-13,17H,6-10H2,1-2H3,(H,22,25)/t12-,13+,17+/m0/s1. The number of carbonyl (C=O) groups excluding carboxylic acids is 1. The van der Waals surface area contributed by atoms with Crippen LogP contribution in [0.4, 0.5) is 0 Å². The van der Waals surface area contributed by atoms with Gasteiger partial charge in [0, 0.05) is 43.7 Å². The van der Waals surface area contributed by atoms with Gasteiger partial charge in [0.25, 0.3) is 5.56 Å². The molecular formula is C18H24Cl3N3O2. The summed E-state index contributed by atoms with van der Waals surface area (Å²) in [6.07, 6.45) is 0.703. The van der Waals surface area contributed by atoms with E-state index in [1.165, 1.54) is 0 Å². The Morgan fingerprint density at radius 1 is 1.27 bits per heavy atom. The number of likely N-dealkylation sites (tertiary alicyclic amines) is 1. The third-order valence-corrected chi connectivity index (χ3v) is 5.69. The van der Waals surface area contributed by atoms with Crippen LogP contribution in [0.3, 0.4) is 0 Å². The maximum Gasteiger partial charge on any atom is 0.250 e. The number of hydrogen-bond donors (Lipinski definition) is 1. The van der Waals surface area contributed by atoms with Crippen molar-refractivity contribution >= 4 is 40.7 Å². The van der Waals surface area contributed by atoms with Crippen molar-refractivity contribution in [1.29, 1.82) is 0 Å². The van der Waals surface area contributed by atoms with E-state index in [9.17, 15) is 9.59 Å². The highest BCUT2D eigenvalue weighted by Crippen LogP contribution is 2.39. The van der Waals surface area contributed by atoms with Crippen LogP contribution in [0.2, 0.25) is 0 Å². The first kappa shape index (κ1) is 20.0. The van der Waals surface area contributed by atoms with Gasteiger partial charge in [-0.3, -0.25) is 14.5 Å². The second-order valence-corrected chi connectivity index (χ2v) is 10.1. The maximum absolute atomic E-state index is 12.3. The fourth-order valence-corrected chi connectivity index (χ4v) is 4.68. The first-order chi connectivity index (χ1) is 12.1. The summed E-state index contributed by atoms with van der Waals surface area (Å²) in [4.78, 5) is 26.5. The average Bonchev–Trinajstić information content (AvgIpc) is 2.52. The number of aromatic nitrogens is 1. The molecule has 2 aliphatic rings.